The van der Waals surface area contributed by atoms with Crippen LogP contribution in [-0.2, 0) is 14.3 Å². The Bertz CT molecular complexity index is 385. The van der Waals surface area contributed by atoms with Gasteiger partial charge < -0.3 is 14.6 Å². The molecule has 0 bridgehead atoms. The normalized spacial score (nSPS) is 27.9. The van der Waals surface area contributed by atoms with Crippen LogP contribution in [-0.4, -0.2) is 23.0 Å². The van der Waals surface area contributed by atoms with Gasteiger partial charge in [-0.05, 0) is 19.4 Å². The van der Waals surface area contributed by atoms with Crippen molar-refractivity contribution in [1.29, 1.82) is 0 Å². The molecule has 1 aliphatic heterocycles. The average molecular weight is 222 g/mol. The third-order valence-corrected chi connectivity index (χ3v) is 2.47. The summed E-state index contributed by atoms with van der Waals surface area (Å²) in [5.74, 6) is -1.86. The zero-order chi connectivity index (χ0) is 11.8. The number of hydrogen-bond donors (Lipinski definition) is 1. The van der Waals surface area contributed by atoms with Gasteiger partial charge >= 0.3 is 5.97 Å². The Morgan fingerprint density at radius 3 is 2.44 bits per heavy atom. The quantitative estimate of drug-likeness (QED) is 0.831. The number of carboxylic acids is 1. The maximum absolute atomic E-state index is 11.1. The summed E-state index contributed by atoms with van der Waals surface area (Å²) in [5, 5.41) is 9.07. The number of carbonyl (C=O) groups is 1. The lowest BCUT2D eigenvalue weighted by atomic mass is 10.1. The highest BCUT2D eigenvalue weighted by molar-refractivity contribution is 5.73. The fourth-order valence-electron chi connectivity index (χ4n) is 1.83. The van der Waals surface area contributed by atoms with E-state index in [0.29, 0.717) is 0 Å². The summed E-state index contributed by atoms with van der Waals surface area (Å²) in [5.41, 5.74) is 0.820. The van der Waals surface area contributed by atoms with Crippen LogP contribution in [0, 0.1) is 0 Å². The topological polar surface area (TPSA) is 55.8 Å². The van der Waals surface area contributed by atoms with Gasteiger partial charge in [0.2, 0.25) is 0 Å². The number of aliphatic carboxylic acids is 1. The lowest BCUT2D eigenvalue weighted by Crippen LogP contribution is -2.27. The second kappa shape index (κ2) is 3.88. The monoisotopic (exact) mass is 222 g/mol. The summed E-state index contributed by atoms with van der Waals surface area (Å²) >= 11 is 0. The molecule has 0 aliphatic carbocycles. The van der Waals surface area contributed by atoms with Gasteiger partial charge in [-0.25, -0.2) is 4.79 Å². The minimum absolute atomic E-state index is 0.548. The van der Waals surface area contributed by atoms with Crippen LogP contribution in [0.3, 0.4) is 0 Å². The van der Waals surface area contributed by atoms with Crippen molar-refractivity contribution in [1.82, 2.24) is 0 Å². The molecule has 0 saturated carbocycles. The van der Waals surface area contributed by atoms with Gasteiger partial charge in [0.25, 0.3) is 0 Å². The van der Waals surface area contributed by atoms with E-state index in [2.05, 4.69) is 0 Å². The largest absolute Gasteiger partial charge is 0.479 e. The molecule has 1 N–H and O–H groups in total. The first-order valence-corrected chi connectivity index (χ1v) is 5.13. The van der Waals surface area contributed by atoms with Gasteiger partial charge in [0, 0.05) is 0 Å². The molecule has 86 valence electrons. The van der Waals surface area contributed by atoms with E-state index in [0.717, 1.165) is 5.56 Å². The van der Waals surface area contributed by atoms with E-state index in [9.17, 15) is 4.79 Å². The number of rotatable bonds is 2. The predicted molar refractivity (Wildman–Crippen MR) is 56.9 cm³/mol. The fraction of sp³-hybridized carbons (Fsp3) is 0.417. The van der Waals surface area contributed by atoms with Crippen LogP contribution in [0.2, 0.25) is 0 Å². The molecule has 2 unspecified atom stereocenters. The molecule has 1 aliphatic rings. The molecule has 0 radical (unpaired) electrons. The third-order valence-electron chi connectivity index (χ3n) is 2.47. The van der Waals surface area contributed by atoms with Crippen LogP contribution in [0.25, 0.3) is 0 Å². The van der Waals surface area contributed by atoms with E-state index < -0.39 is 24.0 Å². The van der Waals surface area contributed by atoms with E-state index in [-0.39, 0.29) is 0 Å². The van der Waals surface area contributed by atoms with Crippen molar-refractivity contribution in [2.24, 2.45) is 0 Å². The van der Waals surface area contributed by atoms with Crippen LogP contribution in [0.1, 0.15) is 25.5 Å². The summed E-state index contributed by atoms with van der Waals surface area (Å²) in [6.45, 7) is 3.43. The first-order chi connectivity index (χ1) is 7.49. The van der Waals surface area contributed by atoms with Crippen molar-refractivity contribution in [2.75, 3.05) is 0 Å². The van der Waals surface area contributed by atoms with Crippen LogP contribution in [0.4, 0.5) is 0 Å². The SMILES string of the molecule is CC1(C)OC(C(=O)O)C(c2ccccc2)O1. The smallest absolute Gasteiger partial charge is 0.336 e. The Hall–Kier alpha value is -1.39. The number of ether oxygens (including phenoxy) is 2. The average Bonchev–Trinajstić information content (AvgIpc) is 2.56. The minimum atomic E-state index is -1.00. The molecule has 1 heterocycles. The third kappa shape index (κ3) is 2.08. The molecule has 2 rings (SSSR count). The van der Waals surface area contributed by atoms with E-state index in [1.54, 1.807) is 13.8 Å². The van der Waals surface area contributed by atoms with Crippen molar-refractivity contribution in [3.63, 3.8) is 0 Å². The lowest BCUT2D eigenvalue weighted by molar-refractivity contribution is -0.165. The van der Waals surface area contributed by atoms with Crippen molar-refractivity contribution < 1.29 is 19.4 Å². The van der Waals surface area contributed by atoms with E-state index in [4.69, 9.17) is 14.6 Å². The first kappa shape index (κ1) is 11.1. The number of hydrogen-bond acceptors (Lipinski definition) is 3. The Kier molecular flexibility index (Phi) is 2.69. The molecule has 1 aromatic rings. The van der Waals surface area contributed by atoms with Gasteiger partial charge in [-0.15, -0.1) is 0 Å². The molecular formula is C12H14O4. The van der Waals surface area contributed by atoms with Crippen molar-refractivity contribution in [2.45, 2.75) is 31.8 Å². The Balaban J connectivity index is 2.29. The lowest BCUT2D eigenvalue weighted by Gasteiger charge is -2.16. The molecule has 1 saturated heterocycles. The van der Waals surface area contributed by atoms with Crippen molar-refractivity contribution in [3.05, 3.63) is 35.9 Å². The van der Waals surface area contributed by atoms with Crippen LogP contribution in [0.5, 0.6) is 0 Å². The van der Waals surface area contributed by atoms with Gasteiger partial charge in [0.05, 0.1) is 0 Å². The van der Waals surface area contributed by atoms with Gasteiger partial charge in [-0.2, -0.15) is 0 Å². The van der Waals surface area contributed by atoms with Crippen LogP contribution < -0.4 is 0 Å². The molecule has 2 atom stereocenters. The summed E-state index contributed by atoms with van der Waals surface area (Å²) in [6.07, 6.45) is -1.49. The Labute approximate surface area is 93.8 Å². The highest BCUT2D eigenvalue weighted by Crippen LogP contribution is 2.38. The summed E-state index contributed by atoms with van der Waals surface area (Å²) in [7, 11) is 0. The molecule has 0 amide bonds. The maximum atomic E-state index is 11.1. The van der Waals surface area contributed by atoms with Crippen LogP contribution >= 0.6 is 0 Å². The van der Waals surface area contributed by atoms with Crippen molar-refractivity contribution in [3.8, 4) is 0 Å². The number of benzene rings is 1. The molecule has 4 nitrogen and oxygen atoms in total. The van der Waals surface area contributed by atoms with Crippen LogP contribution in [0.15, 0.2) is 30.3 Å². The van der Waals surface area contributed by atoms with Gasteiger partial charge in [0.1, 0.15) is 6.10 Å². The van der Waals surface area contributed by atoms with Gasteiger partial charge in [-0.1, -0.05) is 30.3 Å². The molecule has 4 heteroatoms. The zero-order valence-corrected chi connectivity index (χ0v) is 9.21. The maximum Gasteiger partial charge on any atom is 0.336 e. The second-order valence-electron chi connectivity index (χ2n) is 4.23. The van der Waals surface area contributed by atoms with Gasteiger partial charge in [0.15, 0.2) is 11.9 Å². The van der Waals surface area contributed by atoms with E-state index in [1.807, 2.05) is 30.3 Å². The number of carboxylic acid groups (broad SMARTS) is 1. The van der Waals surface area contributed by atoms with Gasteiger partial charge in [-0.3, -0.25) is 0 Å². The highest BCUT2D eigenvalue weighted by atomic mass is 16.8. The Morgan fingerprint density at radius 2 is 1.88 bits per heavy atom. The first-order valence-electron chi connectivity index (χ1n) is 5.13. The Morgan fingerprint density at radius 1 is 1.25 bits per heavy atom. The molecule has 1 aromatic carbocycles. The summed E-state index contributed by atoms with van der Waals surface area (Å²) < 4.78 is 11.0. The molecule has 0 spiro atoms. The molecule has 0 aromatic heterocycles. The fourth-order valence-corrected chi connectivity index (χ4v) is 1.83. The van der Waals surface area contributed by atoms with E-state index >= 15 is 0 Å². The standard InChI is InChI=1S/C12H14O4/c1-12(2)15-9(10(16-12)11(13)14)8-6-4-3-5-7-8/h3-7,9-10H,1-2H3,(H,13,14). The van der Waals surface area contributed by atoms with Crippen molar-refractivity contribution >= 4 is 5.97 Å². The van der Waals surface area contributed by atoms with E-state index in [1.165, 1.54) is 0 Å². The second-order valence-corrected chi connectivity index (χ2v) is 4.23. The highest BCUT2D eigenvalue weighted by Gasteiger charge is 2.45. The predicted octanol–water partition coefficient (Wildman–Crippen LogP) is 1.96. The molecule has 16 heavy (non-hydrogen) atoms. The summed E-state index contributed by atoms with van der Waals surface area (Å²) in [6, 6.07) is 9.25. The zero-order valence-electron chi connectivity index (χ0n) is 9.21. The summed E-state index contributed by atoms with van der Waals surface area (Å²) in [4.78, 5) is 11.1. The minimum Gasteiger partial charge on any atom is -0.479 e. The molecular weight excluding hydrogens is 208 g/mol. The molecule has 1 fully saturated rings.